The van der Waals surface area contributed by atoms with E-state index in [9.17, 15) is 4.79 Å². The number of rotatable bonds is 24. The maximum absolute atomic E-state index is 12.9. The molecule has 0 aliphatic heterocycles. The first-order valence-electron chi connectivity index (χ1n) is 15.0. The normalized spacial score (nSPS) is 11.0. The highest BCUT2D eigenvalue weighted by molar-refractivity contribution is 7.80. The fourth-order valence-corrected chi connectivity index (χ4v) is 4.95. The summed E-state index contributed by atoms with van der Waals surface area (Å²) in [5, 5.41) is 0. The van der Waals surface area contributed by atoms with Crippen LogP contribution in [0.15, 0.2) is 48.5 Å². The molecule has 0 N–H and O–H groups in total. The van der Waals surface area contributed by atoms with Gasteiger partial charge in [-0.2, -0.15) is 25.3 Å². The average molecular weight is 559 g/mol. The molecule has 3 nitrogen and oxygen atoms in total. The first-order valence-corrected chi connectivity index (χ1v) is 16.2. The minimum Gasteiger partial charge on any atom is -0.494 e. The Hall–Kier alpha value is -1.59. The summed E-state index contributed by atoms with van der Waals surface area (Å²) >= 11 is 8.52. The molecular weight excluding hydrogens is 508 g/mol. The van der Waals surface area contributed by atoms with E-state index in [0.717, 1.165) is 49.1 Å². The third-order valence-electron chi connectivity index (χ3n) is 6.88. The van der Waals surface area contributed by atoms with Gasteiger partial charge in [0.05, 0.1) is 13.2 Å². The highest BCUT2D eigenvalue weighted by Crippen LogP contribution is 2.19. The first-order chi connectivity index (χ1) is 18.7. The van der Waals surface area contributed by atoms with Crippen molar-refractivity contribution in [2.75, 3.05) is 24.7 Å². The van der Waals surface area contributed by atoms with Crippen molar-refractivity contribution in [3.8, 4) is 11.5 Å². The lowest BCUT2D eigenvalue weighted by Gasteiger charge is -2.09. The zero-order valence-corrected chi connectivity index (χ0v) is 25.2. The number of hydrogen-bond acceptors (Lipinski definition) is 5. The molecule has 0 saturated carbocycles. The molecule has 38 heavy (non-hydrogen) atoms. The van der Waals surface area contributed by atoms with Gasteiger partial charge in [-0.15, -0.1) is 0 Å². The molecule has 2 aromatic rings. The van der Waals surface area contributed by atoms with Crippen LogP contribution in [0.25, 0.3) is 0 Å². The molecular formula is C33H50O3S2. The van der Waals surface area contributed by atoms with Crippen LogP contribution in [-0.4, -0.2) is 30.5 Å². The van der Waals surface area contributed by atoms with Gasteiger partial charge in [-0.3, -0.25) is 4.79 Å². The molecule has 0 fully saturated rings. The standard InChI is InChI=1S/C33H50O3S2/c34-33(29-17-21-31(22-18-29)35-25-13-9-5-1-3-7-11-15-27-37)30-19-23-32(24-20-30)36-26-14-10-6-2-4-8-12-16-28-38/h17-24,37-38H,1-16,25-28H2. The monoisotopic (exact) mass is 558 g/mol. The lowest BCUT2D eigenvalue weighted by Crippen LogP contribution is -2.03. The molecule has 2 aromatic carbocycles. The van der Waals surface area contributed by atoms with E-state index in [-0.39, 0.29) is 5.78 Å². The largest absolute Gasteiger partial charge is 0.494 e. The van der Waals surface area contributed by atoms with E-state index in [0.29, 0.717) is 11.1 Å². The number of thiol groups is 2. The number of hydrogen-bond donors (Lipinski definition) is 2. The van der Waals surface area contributed by atoms with Gasteiger partial charge in [-0.1, -0.05) is 77.0 Å². The number of carbonyl (C=O) groups is 1. The number of unbranched alkanes of at least 4 members (excludes halogenated alkanes) is 14. The summed E-state index contributed by atoms with van der Waals surface area (Å²) in [6.07, 6.45) is 20.2. The topological polar surface area (TPSA) is 35.5 Å². The Morgan fingerprint density at radius 2 is 0.737 bits per heavy atom. The van der Waals surface area contributed by atoms with Gasteiger partial charge in [0, 0.05) is 11.1 Å². The second-order valence-corrected chi connectivity index (χ2v) is 11.1. The van der Waals surface area contributed by atoms with Crippen molar-refractivity contribution in [3.63, 3.8) is 0 Å². The number of ketones is 1. The Morgan fingerprint density at radius 3 is 1.05 bits per heavy atom. The summed E-state index contributed by atoms with van der Waals surface area (Å²) in [5.74, 6) is 3.68. The van der Waals surface area contributed by atoms with Crippen molar-refractivity contribution >= 4 is 31.0 Å². The third-order valence-corrected chi connectivity index (χ3v) is 7.51. The van der Waals surface area contributed by atoms with Gasteiger partial charge in [-0.25, -0.2) is 0 Å². The number of carbonyl (C=O) groups excluding carboxylic acids is 1. The summed E-state index contributed by atoms with van der Waals surface area (Å²) < 4.78 is 11.7. The minimum absolute atomic E-state index is 0.0202. The van der Waals surface area contributed by atoms with Crippen molar-refractivity contribution < 1.29 is 14.3 Å². The van der Waals surface area contributed by atoms with Crippen molar-refractivity contribution in [3.05, 3.63) is 59.7 Å². The highest BCUT2D eigenvalue weighted by atomic mass is 32.1. The molecule has 0 aromatic heterocycles. The fraction of sp³-hybridized carbons (Fsp3) is 0.606. The lowest BCUT2D eigenvalue weighted by molar-refractivity contribution is 0.103. The average Bonchev–Trinajstić information content (AvgIpc) is 2.95. The second-order valence-electron chi connectivity index (χ2n) is 10.2. The van der Waals surface area contributed by atoms with Gasteiger partial charge in [0.1, 0.15) is 11.5 Å². The van der Waals surface area contributed by atoms with E-state index in [2.05, 4.69) is 25.3 Å². The Kier molecular flexibility index (Phi) is 19.1. The van der Waals surface area contributed by atoms with E-state index in [1.807, 2.05) is 48.5 Å². The van der Waals surface area contributed by atoms with Gasteiger partial charge in [0.25, 0.3) is 0 Å². The zero-order valence-electron chi connectivity index (χ0n) is 23.4. The second kappa shape index (κ2) is 22.2. The molecule has 0 heterocycles. The predicted octanol–water partition coefficient (Wildman–Crippen LogP) is 9.78. The molecule has 0 bridgehead atoms. The molecule has 212 valence electrons. The molecule has 0 saturated heterocycles. The molecule has 0 amide bonds. The third kappa shape index (κ3) is 15.1. The van der Waals surface area contributed by atoms with E-state index in [1.165, 1.54) is 89.9 Å². The van der Waals surface area contributed by atoms with Crippen molar-refractivity contribution in [2.24, 2.45) is 0 Å². The first kappa shape index (κ1) is 32.6. The van der Waals surface area contributed by atoms with Gasteiger partial charge in [0.2, 0.25) is 0 Å². The molecule has 0 aliphatic rings. The summed E-state index contributed by atoms with van der Waals surface area (Å²) in [6.45, 7) is 1.45. The molecule has 0 atom stereocenters. The van der Waals surface area contributed by atoms with Gasteiger partial charge in [-0.05, 0) is 85.7 Å². The molecule has 0 unspecified atom stereocenters. The number of ether oxygens (including phenoxy) is 2. The van der Waals surface area contributed by atoms with Crippen molar-refractivity contribution in [1.29, 1.82) is 0 Å². The van der Waals surface area contributed by atoms with Crippen LogP contribution in [-0.2, 0) is 0 Å². The van der Waals surface area contributed by atoms with Crippen LogP contribution in [0.5, 0.6) is 11.5 Å². The molecule has 5 heteroatoms. The van der Waals surface area contributed by atoms with E-state index >= 15 is 0 Å². The zero-order chi connectivity index (χ0) is 27.1. The van der Waals surface area contributed by atoms with Crippen LogP contribution < -0.4 is 9.47 Å². The summed E-state index contributed by atoms with van der Waals surface area (Å²) in [6, 6.07) is 15.0. The van der Waals surface area contributed by atoms with Gasteiger partial charge < -0.3 is 9.47 Å². The maximum Gasteiger partial charge on any atom is 0.193 e. The lowest BCUT2D eigenvalue weighted by atomic mass is 10.0. The maximum atomic E-state index is 12.9. The van der Waals surface area contributed by atoms with Crippen LogP contribution >= 0.6 is 25.3 Å². The Bertz CT molecular complexity index is 767. The molecule has 0 aliphatic carbocycles. The number of benzene rings is 2. The molecule has 0 radical (unpaired) electrons. The summed E-state index contributed by atoms with van der Waals surface area (Å²) in [7, 11) is 0. The van der Waals surface area contributed by atoms with Crippen molar-refractivity contribution in [2.45, 2.75) is 103 Å². The van der Waals surface area contributed by atoms with Crippen LogP contribution in [0.1, 0.15) is 119 Å². The fourth-order valence-electron chi connectivity index (χ4n) is 4.50. The molecule has 0 spiro atoms. The van der Waals surface area contributed by atoms with Gasteiger partial charge >= 0.3 is 0 Å². The van der Waals surface area contributed by atoms with Crippen LogP contribution in [0, 0.1) is 0 Å². The van der Waals surface area contributed by atoms with Crippen LogP contribution in [0.3, 0.4) is 0 Å². The van der Waals surface area contributed by atoms with E-state index < -0.39 is 0 Å². The summed E-state index contributed by atoms with van der Waals surface area (Å²) in [4.78, 5) is 12.9. The van der Waals surface area contributed by atoms with Crippen LogP contribution in [0.4, 0.5) is 0 Å². The quantitative estimate of drug-likeness (QED) is 0.0764. The Labute approximate surface area is 243 Å². The molecule has 2 rings (SSSR count). The highest BCUT2D eigenvalue weighted by Gasteiger charge is 2.09. The predicted molar refractivity (Wildman–Crippen MR) is 169 cm³/mol. The van der Waals surface area contributed by atoms with Gasteiger partial charge in [0.15, 0.2) is 5.78 Å². The van der Waals surface area contributed by atoms with E-state index in [4.69, 9.17) is 9.47 Å². The van der Waals surface area contributed by atoms with Crippen molar-refractivity contribution in [1.82, 2.24) is 0 Å². The SMILES string of the molecule is O=C(c1ccc(OCCCCCCCCCCS)cc1)c1ccc(OCCCCCCCCCCS)cc1. The smallest absolute Gasteiger partial charge is 0.193 e. The summed E-state index contributed by atoms with van der Waals surface area (Å²) in [5.41, 5.74) is 1.35. The minimum atomic E-state index is 0.0202. The van der Waals surface area contributed by atoms with Crippen LogP contribution in [0.2, 0.25) is 0 Å². The van der Waals surface area contributed by atoms with E-state index in [1.54, 1.807) is 0 Å². The Morgan fingerprint density at radius 1 is 0.447 bits per heavy atom. The Balaban J connectivity index is 1.57.